The Morgan fingerprint density at radius 2 is 0.463 bits per heavy atom. The van der Waals surface area contributed by atoms with Crippen LogP contribution < -0.4 is 0 Å². The number of allylic oxidation sites excluding steroid dienone is 8. The molecule has 80 heavy (non-hydrogen) atoms. The first kappa shape index (κ1) is 77.4. The van der Waals surface area contributed by atoms with E-state index in [1.807, 2.05) is 0 Å². The Morgan fingerprint density at radius 3 is 0.750 bits per heavy atom. The standard InChI is InChI=1S/C74H136O6/c1-4-7-10-13-16-19-22-24-26-28-30-32-34-36-37-38-40-41-43-45-47-49-52-55-58-61-64-67-73(76)79-70-71(69-78-72(75)66-63-60-57-54-51-21-18-15-12-9-6-3)80-74(77)68-65-62-59-56-53-50-48-46-44-42-39-35-33-31-29-27-25-23-20-17-14-11-8-5-2/h15,18,22,24,28,30,34,36,71H,4-14,16-17,19-21,23,25-27,29,31-33,35,37-70H2,1-3H3/b18-15-,24-22-,30-28-,36-34-. The normalized spacial score (nSPS) is 12.3. The summed E-state index contributed by atoms with van der Waals surface area (Å²) >= 11 is 0. The van der Waals surface area contributed by atoms with Gasteiger partial charge in [0.25, 0.3) is 0 Å². The van der Waals surface area contributed by atoms with E-state index in [0.29, 0.717) is 19.3 Å². The number of rotatable bonds is 66. The van der Waals surface area contributed by atoms with E-state index in [2.05, 4.69) is 69.4 Å². The van der Waals surface area contributed by atoms with Gasteiger partial charge in [-0.25, -0.2) is 0 Å². The van der Waals surface area contributed by atoms with Crippen molar-refractivity contribution < 1.29 is 28.6 Å². The average Bonchev–Trinajstić information content (AvgIpc) is 3.46. The van der Waals surface area contributed by atoms with Crippen LogP contribution in [0.4, 0.5) is 0 Å². The van der Waals surface area contributed by atoms with Crippen molar-refractivity contribution in [3.63, 3.8) is 0 Å². The molecular formula is C74H136O6. The molecule has 0 saturated heterocycles. The van der Waals surface area contributed by atoms with Gasteiger partial charge in [-0.3, -0.25) is 14.4 Å². The highest BCUT2D eigenvalue weighted by Gasteiger charge is 2.19. The summed E-state index contributed by atoms with van der Waals surface area (Å²) in [4.78, 5) is 38.4. The van der Waals surface area contributed by atoms with Crippen LogP contribution in [0.3, 0.4) is 0 Å². The van der Waals surface area contributed by atoms with E-state index in [9.17, 15) is 14.4 Å². The van der Waals surface area contributed by atoms with Crippen LogP contribution in [-0.4, -0.2) is 37.2 Å². The van der Waals surface area contributed by atoms with E-state index in [1.54, 1.807) is 0 Å². The van der Waals surface area contributed by atoms with Gasteiger partial charge >= 0.3 is 17.9 Å². The van der Waals surface area contributed by atoms with Gasteiger partial charge in [-0.15, -0.1) is 0 Å². The minimum atomic E-state index is -0.776. The Balaban J connectivity index is 4.18. The molecule has 0 aromatic rings. The fourth-order valence-electron chi connectivity index (χ4n) is 10.7. The number of esters is 3. The van der Waals surface area contributed by atoms with Crippen LogP contribution in [0.5, 0.6) is 0 Å². The highest BCUT2D eigenvalue weighted by molar-refractivity contribution is 5.71. The van der Waals surface area contributed by atoms with Crippen LogP contribution in [0.1, 0.15) is 387 Å². The summed E-state index contributed by atoms with van der Waals surface area (Å²) in [5.74, 6) is -0.859. The molecule has 0 heterocycles. The Labute approximate surface area is 498 Å². The lowest BCUT2D eigenvalue weighted by Crippen LogP contribution is -2.30. The van der Waals surface area contributed by atoms with Gasteiger partial charge in [-0.05, 0) is 77.0 Å². The monoisotopic (exact) mass is 1120 g/mol. The van der Waals surface area contributed by atoms with Crippen molar-refractivity contribution >= 4 is 17.9 Å². The van der Waals surface area contributed by atoms with E-state index in [1.165, 1.54) is 270 Å². The molecule has 0 aromatic heterocycles. The summed E-state index contributed by atoms with van der Waals surface area (Å²) in [6.45, 7) is 6.65. The second kappa shape index (κ2) is 68.9. The first-order valence-electron chi connectivity index (χ1n) is 35.6. The van der Waals surface area contributed by atoms with E-state index in [0.717, 1.165) is 77.0 Å². The lowest BCUT2D eigenvalue weighted by atomic mass is 10.0. The molecule has 0 aliphatic rings. The van der Waals surface area contributed by atoms with Crippen LogP contribution in [0.2, 0.25) is 0 Å². The maximum absolute atomic E-state index is 12.9. The predicted octanol–water partition coefficient (Wildman–Crippen LogP) is 24.5. The second-order valence-electron chi connectivity index (χ2n) is 24.1. The molecule has 0 saturated carbocycles. The first-order chi connectivity index (χ1) is 39.5. The van der Waals surface area contributed by atoms with E-state index in [-0.39, 0.29) is 31.1 Å². The molecule has 0 bridgehead atoms. The number of hydrogen-bond acceptors (Lipinski definition) is 6. The zero-order valence-electron chi connectivity index (χ0n) is 53.9. The summed E-state index contributed by atoms with van der Waals surface area (Å²) in [7, 11) is 0. The summed E-state index contributed by atoms with van der Waals surface area (Å²) in [6, 6.07) is 0. The van der Waals surface area contributed by atoms with Crippen molar-refractivity contribution in [2.75, 3.05) is 13.2 Å². The zero-order chi connectivity index (χ0) is 57.8. The summed E-state index contributed by atoms with van der Waals surface area (Å²) in [5, 5.41) is 0. The molecule has 0 N–H and O–H groups in total. The SMILES string of the molecule is CCCC/C=C\CCCCCCCC(=O)OCC(COC(=O)CCCCCCCCCCCCCC/C=C\C/C=C\C/C=C\CCCCCCC)OC(=O)CCCCCCCCCCCCCCCCCCCCCCCCCC. The highest BCUT2D eigenvalue weighted by atomic mass is 16.6. The van der Waals surface area contributed by atoms with Crippen molar-refractivity contribution in [1.82, 2.24) is 0 Å². The van der Waals surface area contributed by atoms with Crippen LogP contribution in [-0.2, 0) is 28.6 Å². The van der Waals surface area contributed by atoms with Crippen molar-refractivity contribution in [3.05, 3.63) is 48.6 Å². The minimum absolute atomic E-state index is 0.0725. The molecule has 0 fully saturated rings. The van der Waals surface area contributed by atoms with Gasteiger partial charge in [0.05, 0.1) is 0 Å². The van der Waals surface area contributed by atoms with Gasteiger partial charge in [0.1, 0.15) is 13.2 Å². The number of carbonyl (C=O) groups is 3. The molecule has 0 aromatic carbocycles. The van der Waals surface area contributed by atoms with Gasteiger partial charge in [-0.1, -0.05) is 339 Å². The number of ether oxygens (including phenoxy) is 3. The van der Waals surface area contributed by atoms with Gasteiger partial charge in [0.15, 0.2) is 6.10 Å². The molecule has 0 aliphatic heterocycles. The van der Waals surface area contributed by atoms with Crippen LogP contribution in [0.15, 0.2) is 48.6 Å². The second-order valence-corrected chi connectivity index (χ2v) is 24.1. The maximum atomic E-state index is 12.9. The third-order valence-electron chi connectivity index (χ3n) is 16.1. The van der Waals surface area contributed by atoms with Crippen molar-refractivity contribution in [2.24, 2.45) is 0 Å². The Bertz CT molecular complexity index is 1380. The molecule has 6 heteroatoms. The zero-order valence-corrected chi connectivity index (χ0v) is 53.9. The maximum Gasteiger partial charge on any atom is 0.306 e. The van der Waals surface area contributed by atoms with Crippen LogP contribution in [0.25, 0.3) is 0 Å². The summed E-state index contributed by atoms with van der Waals surface area (Å²) in [5.41, 5.74) is 0. The van der Waals surface area contributed by atoms with E-state index >= 15 is 0 Å². The quantitative estimate of drug-likeness (QED) is 0.0261. The van der Waals surface area contributed by atoms with Crippen molar-refractivity contribution in [3.8, 4) is 0 Å². The Kier molecular flexibility index (Phi) is 66.6. The van der Waals surface area contributed by atoms with Gasteiger partial charge in [0.2, 0.25) is 0 Å². The molecular weight excluding hydrogens is 985 g/mol. The van der Waals surface area contributed by atoms with Gasteiger partial charge < -0.3 is 14.2 Å². The fraction of sp³-hybridized carbons (Fsp3) is 0.851. The summed E-state index contributed by atoms with van der Waals surface area (Å²) in [6.07, 6.45) is 87.2. The van der Waals surface area contributed by atoms with E-state index in [4.69, 9.17) is 14.2 Å². The molecule has 6 nitrogen and oxygen atoms in total. The molecule has 0 amide bonds. The highest BCUT2D eigenvalue weighted by Crippen LogP contribution is 2.18. The predicted molar refractivity (Wildman–Crippen MR) is 349 cm³/mol. The number of carbonyl (C=O) groups excluding carboxylic acids is 3. The molecule has 468 valence electrons. The van der Waals surface area contributed by atoms with E-state index < -0.39 is 6.10 Å². The third kappa shape index (κ3) is 66.2. The topological polar surface area (TPSA) is 78.9 Å². The van der Waals surface area contributed by atoms with Crippen molar-refractivity contribution in [2.45, 2.75) is 393 Å². The largest absolute Gasteiger partial charge is 0.462 e. The first-order valence-corrected chi connectivity index (χ1v) is 35.6. The molecule has 0 spiro atoms. The molecule has 1 unspecified atom stereocenters. The van der Waals surface area contributed by atoms with Crippen molar-refractivity contribution in [1.29, 1.82) is 0 Å². The summed E-state index contributed by atoms with van der Waals surface area (Å²) < 4.78 is 17.0. The smallest absolute Gasteiger partial charge is 0.306 e. The number of unbranched alkanes of at least 4 members (excludes halogenated alkanes) is 47. The molecule has 0 rings (SSSR count). The lowest BCUT2D eigenvalue weighted by molar-refractivity contribution is -0.167. The van der Waals surface area contributed by atoms with Gasteiger partial charge in [-0.2, -0.15) is 0 Å². The molecule has 0 aliphatic carbocycles. The van der Waals surface area contributed by atoms with Crippen LogP contribution >= 0.6 is 0 Å². The third-order valence-corrected chi connectivity index (χ3v) is 16.1. The average molecular weight is 1120 g/mol. The van der Waals surface area contributed by atoms with Gasteiger partial charge in [0, 0.05) is 19.3 Å². The minimum Gasteiger partial charge on any atom is -0.462 e. The number of hydrogen-bond donors (Lipinski definition) is 0. The Morgan fingerprint density at radius 1 is 0.250 bits per heavy atom. The molecule has 0 radical (unpaired) electrons. The molecule has 1 atom stereocenters. The lowest BCUT2D eigenvalue weighted by Gasteiger charge is -2.18. The fourth-order valence-corrected chi connectivity index (χ4v) is 10.7. The Hall–Kier alpha value is -2.63. The van der Waals surface area contributed by atoms with Crippen LogP contribution in [0, 0.1) is 0 Å².